The third-order valence-electron chi connectivity index (χ3n) is 4.59. The predicted molar refractivity (Wildman–Crippen MR) is 127 cm³/mol. The topological polar surface area (TPSA) is 147 Å². The lowest BCUT2D eigenvalue weighted by molar-refractivity contribution is 0.0678. The summed E-state index contributed by atoms with van der Waals surface area (Å²) in [4.78, 5) is 20.8. The molecule has 180 valence electrons. The fourth-order valence-corrected chi connectivity index (χ4v) is 2.69. The maximum atomic E-state index is 10.4. The van der Waals surface area contributed by atoms with E-state index in [1.165, 1.54) is 77.0 Å². The van der Waals surface area contributed by atoms with Crippen molar-refractivity contribution in [2.24, 2.45) is 11.5 Å². The van der Waals surface area contributed by atoms with Gasteiger partial charge in [0.1, 0.15) is 11.3 Å². The molecule has 0 saturated heterocycles. The number of carboxylic acid groups (broad SMARTS) is 2. The third-order valence-corrected chi connectivity index (χ3v) is 4.59. The third kappa shape index (κ3) is 19.6. The van der Waals surface area contributed by atoms with E-state index in [-0.39, 0.29) is 11.1 Å². The summed E-state index contributed by atoms with van der Waals surface area (Å²) in [5.74, 6) is -3.06. The van der Waals surface area contributed by atoms with Crippen molar-refractivity contribution in [3.63, 3.8) is 0 Å². The standard InChI is InChI=1S/2C8H19N.C8H6O5/c2*1-2-3-4-5-6-7-8-9;9-6-3-4(7(10)11)1-2-5(6)8(12)13/h2*2-9H2,1H3;1-3,9H,(H,10,11)(H,12,13). The van der Waals surface area contributed by atoms with Crippen LogP contribution in [0.1, 0.15) is 112 Å². The summed E-state index contributed by atoms with van der Waals surface area (Å²) in [6, 6.07) is 3.05. The number of nitrogens with two attached hydrogens (primary N) is 2. The molecular formula is C24H44N2O5. The van der Waals surface area contributed by atoms with Crippen LogP contribution in [0.3, 0.4) is 0 Å². The van der Waals surface area contributed by atoms with Crippen molar-refractivity contribution in [2.75, 3.05) is 13.1 Å². The molecule has 0 bridgehead atoms. The zero-order chi connectivity index (χ0) is 23.9. The number of rotatable bonds is 14. The molecule has 0 spiro atoms. The second-order valence-corrected chi connectivity index (χ2v) is 7.46. The second-order valence-electron chi connectivity index (χ2n) is 7.46. The molecule has 0 aromatic heterocycles. The number of hydrogen-bond acceptors (Lipinski definition) is 5. The highest BCUT2D eigenvalue weighted by molar-refractivity contribution is 5.94. The van der Waals surface area contributed by atoms with Crippen molar-refractivity contribution in [3.05, 3.63) is 29.3 Å². The first-order valence-corrected chi connectivity index (χ1v) is 11.5. The van der Waals surface area contributed by atoms with Gasteiger partial charge in [0.15, 0.2) is 0 Å². The molecule has 0 radical (unpaired) electrons. The van der Waals surface area contributed by atoms with Crippen molar-refractivity contribution >= 4 is 11.9 Å². The Morgan fingerprint density at radius 1 is 0.710 bits per heavy atom. The highest BCUT2D eigenvalue weighted by Crippen LogP contribution is 2.18. The van der Waals surface area contributed by atoms with E-state index in [1.54, 1.807) is 0 Å². The van der Waals surface area contributed by atoms with Crippen LogP contribution in [0.15, 0.2) is 18.2 Å². The van der Waals surface area contributed by atoms with Gasteiger partial charge in [-0.05, 0) is 44.1 Å². The first-order chi connectivity index (χ1) is 14.8. The Labute approximate surface area is 187 Å². The van der Waals surface area contributed by atoms with Crippen molar-refractivity contribution in [3.8, 4) is 5.75 Å². The van der Waals surface area contributed by atoms with Gasteiger partial charge in [0.05, 0.1) is 5.56 Å². The zero-order valence-corrected chi connectivity index (χ0v) is 19.4. The van der Waals surface area contributed by atoms with Crippen LogP contribution in [-0.4, -0.2) is 40.3 Å². The molecule has 0 fully saturated rings. The Hall–Kier alpha value is -2.12. The van der Waals surface area contributed by atoms with Gasteiger partial charge in [-0.3, -0.25) is 0 Å². The van der Waals surface area contributed by atoms with Crippen LogP contribution < -0.4 is 11.5 Å². The van der Waals surface area contributed by atoms with Gasteiger partial charge in [0.25, 0.3) is 0 Å². The zero-order valence-electron chi connectivity index (χ0n) is 19.4. The molecule has 0 aliphatic carbocycles. The summed E-state index contributed by atoms with van der Waals surface area (Å²) in [5, 5.41) is 26.0. The average Bonchev–Trinajstić information content (AvgIpc) is 2.74. The number of carbonyl (C=O) groups is 2. The number of phenols is 1. The maximum absolute atomic E-state index is 10.4. The number of aromatic carboxylic acids is 2. The monoisotopic (exact) mass is 440 g/mol. The van der Waals surface area contributed by atoms with E-state index in [0.29, 0.717) is 0 Å². The van der Waals surface area contributed by atoms with Gasteiger partial charge in [-0.2, -0.15) is 0 Å². The van der Waals surface area contributed by atoms with Gasteiger partial charge in [-0.15, -0.1) is 0 Å². The second kappa shape index (κ2) is 22.6. The average molecular weight is 441 g/mol. The van der Waals surface area contributed by atoms with Crippen LogP contribution in [0.25, 0.3) is 0 Å². The van der Waals surface area contributed by atoms with E-state index in [9.17, 15) is 9.59 Å². The Balaban J connectivity index is 0. The Kier molecular flexibility index (Phi) is 22.6. The minimum Gasteiger partial charge on any atom is -0.507 e. The molecule has 0 aliphatic rings. The molecule has 1 rings (SSSR count). The number of benzene rings is 1. The summed E-state index contributed by atoms with van der Waals surface area (Å²) in [7, 11) is 0. The molecule has 0 aliphatic heterocycles. The molecule has 7 heteroatoms. The molecule has 0 amide bonds. The normalized spacial score (nSPS) is 9.81. The SMILES string of the molecule is CCCCCCCCN.CCCCCCCCN.O=C(O)c1ccc(C(=O)O)c(O)c1. The van der Waals surface area contributed by atoms with Gasteiger partial charge in [-0.1, -0.05) is 78.1 Å². The van der Waals surface area contributed by atoms with Crippen LogP contribution >= 0.6 is 0 Å². The summed E-state index contributed by atoms with van der Waals surface area (Å²) < 4.78 is 0. The van der Waals surface area contributed by atoms with Crippen LogP contribution in [0.5, 0.6) is 5.75 Å². The lowest BCUT2D eigenvalue weighted by atomic mass is 10.1. The Bertz CT molecular complexity index is 553. The highest BCUT2D eigenvalue weighted by atomic mass is 16.4. The quantitative estimate of drug-likeness (QED) is 0.243. The first-order valence-electron chi connectivity index (χ1n) is 11.5. The van der Waals surface area contributed by atoms with Crippen molar-refractivity contribution in [2.45, 2.75) is 90.9 Å². The van der Waals surface area contributed by atoms with Crippen LogP contribution in [0, 0.1) is 0 Å². The van der Waals surface area contributed by atoms with E-state index in [0.717, 1.165) is 31.3 Å². The van der Waals surface area contributed by atoms with E-state index in [1.807, 2.05) is 0 Å². The van der Waals surface area contributed by atoms with E-state index < -0.39 is 17.7 Å². The summed E-state index contributed by atoms with van der Waals surface area (Å²) >= 11 is 0. The molecule has 1 aromatic rings. The van der Waals surface area contributed by atoms with Crippen molar-refractivity contribution in [1.82, 2.24) is 0 Å². The van der Waals surface area contributed by atoms with Gasteiger partial charge in [0.2, 0.25) is 0 Å². The summed E-state index contributed by atoms with van der Waals surface area (Å²) in [6.45, 7) is 6.21. The largest absolute Gasteiger partial charge is 0.507 e. The molecule has 0 heterocycles. The van der Waals surface area contributed by atoms with Gasteiger partial charge >= 0.3 is 11.9 Å². The van der Waals surface area contributed by atoms with E-state index in [2.05, 4.69) is 13.8 Å². The Morgan fingerprint density at radius 2 is 1.13 bits per heavy atom. The number of aromatic hydroxyl groups is 1. The lowest BCUT2D eigenvalue weighted by Gasteiger charge is -1.99. The number of carboxylic acids is 2. The maximum Gasteiger partial charge on any atom is 0.339 e. The van der Waals surface area contributed by atoms with Crippen LogP contribution in [0.4, 0.5) is 0 Å². The summed E-state index contributed by atoms with van der Waals surface area (Å²) in [6.07, 6.45) is 16.1. The minimum absolute atomic E-state index is 0.150. The number of hydrogen-bond donors (Lipinski definition) is 5. The fourth-order valence-electron chi connectivity index (χ4n) is 2.69. The van der Waals surface area contributed by atoms with Gasteiger partial charge in [0, 0.05) is 0 Å². The van der Waals surface area contributed by atoms with Crippen molar-refractivity contribution in [1.29, 1.82) is 0 Å². The van der Waals surface area contributed by atoms with Crippen LogP contribution in [-0.2, 0) is 0 Å². The molecule has 31 heavy (non-hydrogen) atoms. The molecular weight excluding hydrogens is 396 g/mol. The van der Waals surface area contributed by atoms with Crippen LogP contribution in [0.2, 0.25) is 0 Å². The van der Waals surface area contributed by atoms with Gasteiger partial charge in [-0.25, -0.2) is 9.59 Å². The highest BCUT2D eigenvalue weighted by Gasteiger charge is 2.11. The van der Waals surface area contributed by atoms with E-state index >= 15 is 0 Å². The molecule has 0 atom stereocenters. The van der Waals surface area contributed by atoms with Gasteiger partial charge < -0.3 is 26.8 Å². The molecule has 0 saturated carbocycles. The Morgan fingerprint density at radius 3 is 1.45 bits per heavy atom. The predicted octanol–water partition coefficient (Wildman–Crippen LogP) is 5.40. The van der Waals surface area contributed by atoms with E-state index in [4.69, 9.17) is 26.8 Å². The first kappa shape index (κ1) is 31.1. The molecule has 7 nitrogen and oxygen atoms in total. The minimum atomic E-state index is -1.30. The summed E-state index contributed by atoms with van der Waals surface area (Å²) in [5.41, 5.74) is 10.2. The lowest BCUT2D eigenvalue weighted by Crippen LogP contribution is -2.00. The van der Waals surface area contributed by atoms with Crippen molar-refractivity contribution < 1.29 is 24.9 Å². The molecule has 7 N–H and O–H groups in total. The fraction of sp³-hybridized carbons (Fsp3) is 0.667. The molecule has 1 aromatic carbocycles. The smallest absolute Gasteiger partial charge is 0.339 e. The number of unbranched alkanes of at least 4 members (excludes halogenated alkanes) is 10. The molecule has 0 unspecified atom stereocenters.